The molecule has 0 radical (unpaired) electrons. The molecule has 0 bridgehead atoms. The van der Waals surface area contributed by atoms with E-state index < -0.39 is 0 Å². The molecule has 1 heterocycles. The standard InChI is InChI=1S/C20H29BrN6/c1-3-18-26-25-15-27(18)12-11-23-19(22-4-2)24-14-20(9-6-10-20)16-7-5-8-17(21)13-16/h5,7-8,13,15H,3-4,6,9-12,14H2,1-2H3,(H2,22,23,24). The van der Waals surface area contributed by atoms with Gasteiger partial charge in [0.2, 0.25) is 0 Å². The van der Waals surface area contributed by atoms with Gasteiger partial charge >= 0.3 is 0 Å². The molecule has 0 unspecified atom stereocenters. The first-order chi connectivity index (χ1) is 13.2. The highest BCUT2D eigenvalue weighted by atomic mass is 79.9. The van der Waals surface area contributed by atoms with E-state index in [-0.39, 0.29) is 5.41 Å². The van der Waals surface area contributed by atoms with Crippen molar-refractivity contribution in [2.75, 3.05) is 19.6 Å². The number of aliphatic imine (C=N–C) groups is 1. The summed E-state index contributed by atoms with van der Waals surface area (Å²) in [4.78, 5) is 4.91. The second-order valence-corrected chi connectivity index (χ2v) is 7.98. The van der Waals surface area contributed by atoms with Gasteiger partial charge < -0.3 is 15.2 Å². The van der Waals surface area contributed by atoms with Crippen molar-refractivity contribution in [1.82, 2.24) is 25.4 Å². The molecule has 2 N–H and O–H groups in total. The summed E-state index contributed by atoms with van der Waals surface area (Å²) in [5, 5.41) is 14.9. The van der Waals surface area contributed by atoms with E-state index in [9.17, 15) is 0 Å². The molecule has 0 saturated heterocycles. The molecule has 1 aliphatic carbocycles. The van der Waals surface area contributed by atoms with E-state index in [0.29, 0.717) is 0 Å². The molecule has 0 atom stereocenters. The molecule has 6 nitrogen and oxygen atoms in total. The van der Waals surface area contributed by atoms with Crippen molar-refractivity contribution < 1.29 is 0 Å². The molecule has 2 aromatic rings. The molecule has 0 amide bonds. The number of nitrogens with one attached hydrogen (secondary N) is 2. The van der Waals surface area contributed by atoms with Gasteiger partial charge in [0.15, 0.2) is 5.96 Å². The molecule has 146 valence electrons. The Morgan fingerprint density at radius 1 is 1.30 bits per heavy atom. The number of hydrogen-bond donors (Lipinski definition) is 2. The van der Waals surface area contributed by atoms with Gasteiger partial charge in [-0.2, -0.15) is 0 Å². The fourth-order valence-electron chi connectivity index (χ4n) is 3.57. The lowest BCUT2D eigenvalue weighted by Gasteiger charge is -2.41. The quantitative estimate of drug-likeness (QED) is 0.495. The zero-order valence-electron chi connectivity index (χ0n) is 16.2. The fraction of sp³-hybridized carbons (Fsp3) is 0.550. The van der Waals surface area contributed by atoms with Gasteiger partial charge in [-0.1, -0.05) is 41.4 Å². The van der Waals surface area contributed by atoms with Crippen LogP contribution in [0.3, 0.4) is 0 Å². The lowest BCUT2D eigenvalue weighted by Crippen LogP contribution is -2.42. The van der Waals surface area contributed by atoms with Gasteiger partial charge in [0.05, 0.1) is 6.54 Å². The van der Waals surface area contributed by atoms with Gasteiger partial charge in [-0.3, -0.25) is 4.99 Å². The summed E-state index contributed by atoms with van der Waals surface area (Å²) in [5.41, 5.74) is 1.57. The van der Waals surface area contributed by atoms with Crippen molar-refractivity contribution in [2.24, 2.45) is 4.99 Å². The highest BCUT2D eigenvalue weighted by Gasteiger charge is 2.38. The van der Waals surface area contributed by atoms with E-state index >= 15 is 0 Å². The molecule has 1 saturated carbocycles. The third kappa shape index (κ3) is 4.89. The smallest absolute Gasteiger partial charge is 0.191 e. The van der Waals surface area contributed by atoms with Crippen molar-refractivity contribution in [3.63, 3.8) is 0 Å². The topological polar surface area (TPSA) is 67.1 Å². The van der Waals surface area contributed by atoms with Crippen LogP contribution >= 0.6 is 15.9 Å². The monoisotopic (exact) mass is 432 g/mol. The zero-order chi connectivity index (χ0) is 19.1. The minimum absolute atomic E-state index is 0.176. The van der Waals surface area contributed by atoms with Crippen LogP contribution in [0.15, 0.2) is 40.1 Å². The van der Waals surface area contributed by atoms with Crippen LogP contribution in [0.1, 0.15) is 44.5 Å². The third-order valence-corrected chi connectivity index (χ3v) is 5.78. The lowest BCUT2D eigenvalue weighted by molar-refractivity contribution is 0.253. The number of aryl methyl sites for hydroxylation is 1. The summed E-state index contributed by atoms with van der Waals surface area (Å²) in [7, 11) is 0. The van der Waals surface area contributed by atoms with Crippen LogP contribution in [-0.4, -0.2) is 40.4 Å². The predicted molar refractivity (Wildman–Crippen MR) is 113 cm³/mol. The first kappa shape index (κ1) is 19.9. The average Bonchev–Trinajstić information content (AvgIpc) is 3.08. The maximum atomic E-state index is 4.91. The van der Waals surface area contributed by atoms with Crippen LogP contribution in [0.2, 0.25) is 0 Å². The van der Waals surface area contributed by atoms with Crippen molar-refractivity contribution in [3.05, 3.63) is 46.5 Å². The van der Waals surface area contributed by atoms with Crippen LogP contribution in [0.25, 0.3) is 0 Å². The summed E-state index contributed by atoms with van der Waals surface area (Å²) in [5.74, 6) is 1.90. The Bertz CT molecular complexity index is 765. The van der Waals surface area contributed by atoms with Gasteiger partial charge in [-0.25, -0.2) is 0 Å². The highest BCUT2D eigenvalue weighted by Crippen LogP contribution is 2.44. The van der Waals surface area contributed by atoms with Crippen molar-refractivity contribution in [2.45, 2.75) is 51.5 Å². The minimum atomic E-state index is 0.176. The van der Waals surface area contributed by atoms with E-state index in [1.807, 2.05) is 0 Å². The maximum absolute atomic E-state index is 4.91. The molecule has 1 aliphatic rings. The largest absolute Gasteiger partial charge is 0.357 e. The molecule has 1 fully saturated rings. The number of benzene rings is 1. The van der Waals surface area contributed by atoms with Crippen LogP contribution in [-0.2, 0) is 18.4 Å². The van der Waals surface area contributed by atoms with Gasteiger partial charge in [0.25, 0.3) is 0 Å². The van der Waals surface area contributed by atoms with Crippen LogP contribution in [0.5, 0.6) is 0 Å². The van der Waals surface area contributed by atoms with Crippen molar-refractivity contribution in [3.8, 4) is 0 Å². The lowest BCUT2D eigenvalue weighted by atomic mass is 9.64. The van der Waals surface area contributed by atoms with Crippen molar-refractivity contribution >= 4 is 21.9 Å². The van der Waals surface area contributed by atoms with Crippen LogP contribution in [0.4, 0.5) is 0 Å². The van der Waals surface area contributed by atoms with Crippen LogP contribution < -0.4 is 10.6 Å². The zero-order valence-corrected chi connectivity index (χ0v) is 17.8. The number of hydrogen-bond acceptors (Lipinski definition) is 3. The number of halogens is 1. The van der Waals surface area contributed by atoms with Gasteiger partial charge in [-0.05, 0) is 37.5 Å². The molecule has 0 spiro atoms. The fourth-order valence-corrected chi connectivity index (χ4v) is 3.97. The van der Waals surface area contributed by atoms with Crippen LogP contribution in [0, 0.1) is 0 Å². The first-order valence-corrected chi connectivity index (χ1v) is 10.6. The highest BCUT2D eigenvalue weighted by molar-refractivity contribution is 9.10. The minimum Gasteiger partial charge on any atom is -0.357 e. The number of rotatable bonds is 8. The Hall–Kier alpha value is -1.89. The number of guanidine groups is 1. The Morgan fingerprint density at radius 3 is 2.81 bits per heavy atom. The van der Waals surface area contributed by atoms with E-state index in [1.165, 1.54) is 24.8 Å². The Labute approximate surface area is 170 Å². The SMILES string of the molecule is CCNC(=NCC1(c2cccc(Br)c2)CCC1)NCCn1cnnc1CC. The Balaban J connectivity index is 1.62. The van der Waals surface area contributed by atoms with E-state index in [0.717, 1.165) is 48.9 Å². The molecular formula is C20H29BrN6. The molecule has 7 heteroatoms. The maximum Gasteiger partial charge on any atom is 0.191 e. The predicted octanol–water partition coefficient (Wildman–Crippen LogP) is 3.28. The normalized spacial score (nSPS) is 16.0. The second-order valence-electron chi connectivity index (χ2n) is 7.06. The van der Waals surface area contributed by atoms with E-state index in [2.05, 4.69) is 79.4 Å². The average molecular weight is 433 g/mol. The summed E-state index contributed by atoms with van der Waals surface area (Å²) in [6.07, 6.45) is 6.36. The summed E-state index contributed by atoms with van der Waals surface area (Å²) < 4.78 is 3.23. The third-order valence-electron chi connectivity index (χ3n) is 5.29. The number of aromatic nitrogens is 3. The Morgan fingerprint density at radius 2 is 2.15 bits per heavy atom. The summed E-state index contributed by atoms with van der Waals surface area (Å²) in [6.45, 7) is 7.48. The molecule has 0 aliphatic heterocycles. The second kappa shape index (κ2) is 9.35. The van der Waals surface area contributed by atoms with Gasteiger partial charge in [0, 0.05) is 35.9 Å². The summed E-state index contributed by atoms with van der Waals surface area (Å²) in [6, 6.07) is 8.68. The molecule has 1 aromatic heterocycles. The molecular weight excluding hydrogens is 404 g/mol. The first-order valence-electron chi connectivity index (χ1n) is 9.82. The summed E-state index contributed by atoms with van der Waals surface area (Å²) >= 11 is 3.60. The van der Waals surface area contributed by atoms with E-state index in [1.54, 1.807) is 6.33 Å². The molecule has 27 heavy (non-hydrogen) atoms. The van der Waals surface area contributed by atoms with Crippen molar-refractivity contribution in [1.29, 1.82) is 0 Å². The Kier molecular flexibility index (Phi) is 6.88. The number of nitrogens with zero attached hydrogens (tertiary/aromatic N) is 4. The molecule has 1 aromatic carbocycles. The van der Waals surface area contributed by atoms with Gasteiger partial charge in [0.1, 0.15) is 12.2 Å². The van der Waals surface area contributed by atoms with E-state index in [4.69, 9.17) is 4.99 Å². The molecule has 3 rings (SSSR count). The van der Waals surface area contributed by atoms with Gasteiger partial charge in [-0.15, -0.1) is 10.2 Å².